The highest BCUT2D eigenvalue weighted by atomic mass is 16.5. The number of rotatable bonds is 7. The van der Waals surface area contributed by atoms with Gasteiger partial charge >= 0.3 is 0 Å². The lowest BCUT2D eigenvalue weighted by atomic mass is 10.2. The molecule has 0 bridgehead atoms. The Bertz CT molecular complexity index is 643. The summed E-state index contributed by atoms with van der Waals surface area (Å²) in [6, 6.07) is 14.5. The number of anilines is 1. The Labute approximate surface area is 136 Å². The molecule has 0 aliphatic heterocycles. The molecule has 2 aromatic carbocycles. The molecule has 2 rings (SSSR count). The maximum Gasteiger partial charge on any atom is 0.265 e. The highest BCUT2D eigenvalue weighted by Gasteiger charge is 2.20. The monoisotopic (exact) mass is 315 g/mol. The minimum atomic E-state index is -0.590. The fourth-order valence-electron chi connectivity index (χ4n) is 2.11. The van der Waals surface area contributed by atoms with Crippen molar-refractivity contribution in [3.05, 3.63) is 48.5 Å². The number of hydrogen-bond acceptors (Lipinski definition) is 4. The van der Waals surface area contributed by atoms with E-state index in [2.05, 4.69) is 5.32 Å². The van der Waals surface area contributed by atoms with Crippen LogP contribution in [0.25, 0.3) is 0 Å². The number of methoxy groups -OCH3 is 2. The molecule has 0 aliphatic carbocycles. The van der Waals surface area contributed by atoms with Gasteiger partial charge in [0.1, 0.15) is 17.2 Å². The summed E-state index contributed by atoms with van der Waals surface area (Å²) in [5, 5.41) is 2.84. The van der Waals surface area contributed by atoms with E-state index in [9.17, 15) is 4.79 Å². The van der Waals surface area contributed by atoms with Crippen molar-refractivity contribution in [1.82, 2.24) is 0 Å². The first kappa shape index (κ1) is 16.7. The summed E-state index contributed by atoms with van der Waals surface area (Å²) in [6.07, 6.45) is -0.0409. The predicted molar refractivity (Wildman–Crippen MR) is 89.3 cm³/mol. The van der Waals surface area contributed by atoms with Gasteiger partial charge in [0.2, 0.25) is 0 Å². The third kappa shape index (κ3) is 4.39. The van der Waals surface area contributed by atoms with Gasteiger partial charge in [-0.3, -0.25) is 4.79 Å². The van der Waals surface area contributed by atoms with E-state index in [1.807, 2.05) is 37.3 Å². The molecule has 0 spiro atoms. The normalized spacial score (nSPS) is 11.4. The zero-order chi connectivity index (χ0) is 16.7. The standard InChI is InChI=1S/C18H21NO4/c1-4-16(23-13-8-6-5-7-9-13)18(20)19-15-12-14(21-2)10-11-17(15)22-3/h5-12,16H,4H2,1-3H3,(H,19,20). The average Bonchev–Trinajstić information content (AvgIpc) is 2.60. The smallest absolute Gasteiger partial charge is 0.265 e. The molecular weight excluding hydrogens is 294 g/mol. The molecule has 0 saturated heterocycles. The highest BCUT2D eigenvalue weighted by Crippen LogP contribution is 2.29. The van der Waals surface area contributed by atoms with Crippen LogP contribution in [0, 0.1) is 0 Å². The Morgan fingerprint density at radius 2 is 1.78 bits per heavy atom. The number of amides is 1. The van der Waals surface area contributed by atoms with Crippen molar-refractivity contribution in [2.75, 3.05) is 19.5 Å². The first-order valence-electron chi connectivity index (χ1n) is 7.42. The van der Waals surface area contributed by atoms with Crippen molar-refractivity contribution >= 4 is 11.6 Å². The zero-order valence-corrected chi connectivity index (χ0v) is 13.5. The number of carbonyl (C=O) groups excluding carboxylic acids is 1. The average molecular weight is 315 g/mol. The van der Waals surface area contributed by atoms with Gasteiger partial charge in [0.15, 0.2) is 6.10 Å². The van der Waals surface area contributed by atoms with Gasteiger partial charge in [0, 0.05) is 6.07 Å². The topological polar surface area (TPSA) is 56.8 Å². The van der Waals surface area contributed by atoms with Crippen molar-refractivity contribution in [3.63, 3.8) is 0 Å². The summed E-state index contributed by atoms with van der Waals surface area (Å²) < 4.78 is 16.2. The second kappa shape index (κ2) is 8.08. The molecule has 1 amide bonds. The molecule has 23 heavy (non-hydrogen) atoms. The third-order valence-electron chi connectivity index (χ3n) is 3.35. The Hall–Kier alpha value is -2.69. The number of nitrogens with one attached hydrogen (secondary N) is 1. The van der Waals surface area contributed by atoms with Gasteiger partial charge in [-0.05, 0) is 30.7 Å². The van der Waals surface area contributed by atoms with Gasteiger partial charge < -0.3 is 19.5 Å². The summed E-state index contributed by atoms with van der Waals surface area (Å²) in [5.74, 6) is 1.63. The van der Waals surface area contributed by atoms with Crippen LogP contribution in [-0.4, -0.2) is 26.2 Å². The Kier molecular flexibility index (Phi) is 5.86. The minimum Gasteiger partial charge on any atom is -0.497 e. The minimum absolute atomic E-state index is 0.233. The lowest BCUT2D eigenvalue weighted by Gasteiger charge is -2.18. The molecule has 0 aliphatic rings. The second-order valence-electron chi connectivity index (χ2n) is 4.88. The van der Waals surface area contributed by atoms with E-state index in [-0.39, 0.29) is 5.91 Å². The van der Waals surface area contributed by atoms with E-state index in [0.29, 0.717) is 29.4 Å². The lowest BCUT2D eigenvalue weighted by molar-refractivity contribution is -0.122. The summed E-state index contributed by atoms with van der Waals surface area (Å²) in [7, 11) is 3.12. The summed E-state index contributed by atoms with van der Waals surface area (Å²) in [5.41, 5.74) is 0.548. The summed E-state index contributed by atoms with van der Waals surface area (Å²) in [4.78, 5) is 12.5. The van der Waals surface area contributed by atoms with Crippen LogP contribution in [0.5, 0.6) is 17.2 Å². The molecule has 122 valence electrons. The van der Waals surface area contributed by atoms with Crippen LogP contribution in [-0.2, 0) is 4.79 Å². The quantitative estimate of drug-likeness (QED) is 0.849. The van der Waals surface area contributed by atoms with Crippen LogP contribution >= 0.6 is 0 Å². The molecule has 1 N–H and O–H groups in total. The molecular formula is C18H21NO4. The van der Waals surface area contributed by atoms with Crippen LogP contribution < -0.4 is 19.5 Å². The van der Waals surface area contributed by atoms with Gasteiger partial charge in [-0.1, -0.05) is 25.1 Å². The van der Waals surface area contributed by atoms with Crippen molar-refractivity contribution in [3.8, 4) is 17.2 Å². The van der Waals surface area contributed by atoms with E-state index in [0.717, 1.165) is 0 Å². The Morgan fingerprint density at radius 3 is 2.39 bits per heavy atom. The van der Waals surface area contributed by atoms with Crippen molar-refractivity contribution in [2.24, 2.45) is 0 Å². The lowest BCUT2D eigenvalue weighted by Crippen LogP contribution is -2.32. The molecule has 5 heteroatoms. The summed E-state index contributed by atoms with van der Waals surface area (Å²) >= 11 is 0. The Morgan fingerprint density at radius 1 is 1.04 bits per heavy atom. The van der Waals surface area contributed by atoms with Gasteiger partial charge in [-0.2, -0.15) is 0 Å². The van der Waals surface area contributed by atoms with Gasteiger partial charge in [-0.15, -0.1) is 0 Å². The Balaban J connectivity index is 2.13. The number of benzene rings is 2. The molecule has 0 aromatic heterocycles. The molecule has 5 nitrogen and oxygen atoms in total. The number of para-hydroxylation sites is 1. The van der Waals surface area contributed by atoms with E-state index in [1.54, 1.807) is 32.4 Å². The number of hydrogen-bond donors (Lipinski definition) is 1. The van der Waals surface area contributed by atoms with Crippen molar-refractivity contribution in [2.45, 2.75) is 19.4 Å². The second-order valence-corrected chi connectivity index (χ2v) is 4.88. The fourth-order valence-corrected chi connectivity index (χ4v) is 2.11. The van der Waals surface area contributed by atoms with Crippen LogP contribution in [0.15, 0.2) is 48.5 Å². The maximum absolute atomic E-state index is 12.5. The molecule has 0 heterocycles. The SMILES string of the molecule is CCC(Oc1ccccc1)C(=O)Nc1cc(OC)ccc1OC. The largest absolute Gasteiger partial charge is 0.497 e. The van der Waals surface area contributed by atoms with Gasteiger partial charge in [-0.25, -0.2) is 0 Å². The number of ether oxygens (including phenoxy) is 3. The first-order chi connectivity index (χ1) is 11.2. The molecule has 0 saturated carbocycles. The molecule has 0 radical (unpaired) electrons. The highest BCUT2D eigenvalue weighted by molar-refractivity contribution is 5.95. The van der Waals surface area contributed by atoms with Crippen molar-refractivity contribution < 1.29 is 19.0 Å². The van der Waals surface area contributed by atoms with E-state index in [1.165, 1.54) is 0 Å². The van der Waals surface area contributed by atoms with Crippen LogP contribution in [0.2, 0.25) is 0 Å². The van der Waals surface area contributed by atoms with Crippen molar-refractivity contribution in [1.29, 1.82) is 0 Å². The van der Waals surface area contributed by atoms with Crippen LogP contribution in [0.4, 0.5) is 5.69 Å². The van der Waals surface area contributed by atoms with E-state index >= 15 is 0 Å². The number of carbonyl (C=O) groups is 1. The van der Waals surface area contributed by atoms with E-state index < -0.39 is 6.10 Å². The van der Waals surface area contributed by atoms with Crippen LogP contribution in [0.3, 0.4) is 0 Å². The molecule has 2 aromatic rings. The third-order valence-corrected chi connectivity index (χ3v) is 3.35. The molecule has 1 atom stereocenters. The molecule has 0 fully saturated rings. The fraction of sp³-hybridized carbons (Fsp3) is 0.278. The van der Waals surface area contributed by atoms with Gasteiger partial charge in [0.25, 0.3) is 5.91 Å². The summed E-state index contributed by atoms with van der Waals surface area (Å²) in [6.45, 7) is 1.90. The van der Waals surface area contributed by atoms with Crippen LogP contribution in [0.1, 0.15) is 13.3 Å². The van der Waals surface area contributed by atoms with E-state index in [4.69, 9.17) is 14.2 Å². The van der Waals surface area contributed by atoms with Gasteiger partial charge in [0.05, 0.1) is 19.9 Å². The zero-order valence-electron chi connectivity index (χ0n) is 13.5. The maximum atomic E-state index is 12.5. The molecule has 1 unspecified atom stereocenters. The predicted octanol–water partition coefficient (Wildman–Crippen LogP) is 3.50. The first-order valence-corrected chi connectivity index (χ1v) is 7.42.